The number of aryl methyl sites for hydroxylation is 1. The number of hydrogen-bond donors (Lipinski definition) is 0. The van der Waals surface area contributed by atoms with Gasteiger partial charge in [-0.25, -0.2) is 0 Å². The topological polar surface area (TPSA) is 40.6 Å². The normalized spacial score (nSPS) is 25.6. The predicted molar refractivity (Wildman–Crippen MR) is 89.8 cm³/mol. The molecule has 3 rings (SSSR count). The first kappa shape index (κ1) is 16.0. The SMILES string of the molecule is Cc1ccc(C2C(C(=O)N3CCCCC3)CCC(=O)N2C)cc1. The highest BCUT2D eigenvalue weighted by Gasteiger charge is 2.40. The van der Waals surface area contributed by atoms with Gasteiger partial charge in [0.25, 0.3) is 0 Å². The van der Waals surface area contributed by atoms with Crippen LogP contribution in [0.3, 0.4) is 0 Å². The van der Waals surface area contributed by atoms with E-state index in [1.807, 2.05) is 11.9 Å². The van der Waals surface area contributed by atoms with Crippen LogP contribution in [-0.4, -0.2) is 41.8 Å². The number of carbonyl (C=O) groups is 2. The Balaban J connectivity index is 1.87. The molecular formula is C19H26N2O2. The Kier molecular flexibility index (Phi) is 4.69. The van der Waals surface area contributed by atoms with Gasteiger partial charge in [0.05, 0.1) is 12.0 Å². The Morgan fingerprint density at radius 3 is 2.39 bits per heavy atom. The number of benzene rings is 1. The summed E-state index contributed by atoms with van der Waals surface area (Å²) < 4.78 is 0. The van der Waals surface area contributed by atoms with Crippen molar-refractivity contribution < 1.29 is 9.59 Å². The average molecular weight is 314 g/mol. The Morgan fingerprint density at radius 2 is 1.74 bits per heavy atom. The van der Waals surface area contributed by atoms with Crippen LogP contribution < -0.4 is 0 Å². The van der Waals surface area contributed by atoms with Gasteiger partial charge in [0.2, 0.25) is 11.8 Å². The van der Waals surface area contributed by atoms with Gasteiger partial charge < -0.3 is 9.80 Å². The fraction of sp³-hybridized carbons (Fsp3) is 0.579. The lowest BCUT2D eigenvalue weighted by Gasteiger charge is -2.41. The van der Waals surface area contributed by atoms with Gasteiger partial charge in [-0.1, -0.05) is 29.8 Å². The molecule has 1 aromatic carbocycles. The molecule has 0 aromatic heterocycles. The molecule has 1 aromatic rings. The first-order valence-corrected chi connectivity index (χ1v) is 8.69. The molecule has 2 amide bonds. The Hall–Kier alpha value is -1.84. The third kappa shape index (κ3) is 3.26. The average Bonchev–Trinajstić information content (AvgIpc) is 2.58. The summed E-state index contributed by atoms with van der Waals surface area (Å²) >= 11 is 0. The molecule has 2 heterocycles. The first-order valence-electron chi connectivity index (χ1n) is 8.69. The Labute approximate surface area is 138 Å². The van der Waals surface area contributed by atoms with Crippen molar-refractivity contribution in [2.45, 2.75) is 45.1 Å². The van der Waals surface area contributed by atoms with E-state index >= 15 is 0 Å². The van der Waals surface area contributed by atoms with E-state index in [0.717, 1.165) is 31.5 Å². The zero-order valence-corrected chi connectivity index (χ0v) is 14.1. The second kappa shape index (κ2) is 6.73. The van der Waals surface area contributed by atoms with E-state index in [9.17, 15) is 9.59 Å². The molecule has 4 nitrogen and oxygen atoms in total. The summed E-state index contributed by atoms with van der Waals surface area (Å²) in [5.74, 6) is 0.256. The molecule has 0 radical (unpaired) electrons. The van der Waals surface area contributed by atoms with E-state index < -0.39 is 0 Å². The van der Waals surface area contributed by atoms with Crippen molar-refractivity contribution in [2.24, 2.45) is 5.92 Å². The largest absolute Gasteiger partial charge is 0.342 e. The van der Waals surface area contributed by atoms with Gasteiger partial charge in [0.1, 0.15) is 0 Å². The molecule has 2 fully saturated rings. The van der Waals surface area contributed by atoms with E-state index in [1.165, 1.54) is 12.0 Å². The number of rotatable bonds is 2. The lowest BCUT2D eigenvalue weighted by Crippen LogP contribution is -2.48. The molecule has 0 aliphatic carbocycles. The van der Waals surface area contributed by atoms with Crippen LogP contribution in [0.1, 0.15) is 49.3 Å². The Morgan fingerprint density at radius 1 is 1.09 bits per heavy atom. The number of piperidine rings is 2. The van der Waals surface area contributed by atoms with Crippen LogP contribution in [0.25, 0.3) is 0 Å². The molecular weight excluding hydrogens is 288 g/mol. The minimum atomic E-state index is -0.133. The zero-order valence-electron chi connectivity index (χ0n) is 14.1. The smallest absolute Gasteiger partial charge is 0.228 e. The standard InChI is InChI=1S/C19H26N2O2/c1-14-6-8-15(9-7-14)18-16(10-11-17(22)20(18)2)19(23)21-12-4-3-5-13-21/h6-9,16,18H,3-5,10-13H2,1-2H3. The van der Waals surface area contributed by atoms with Crippen LogP contribution in [-0.2, 0) is 9.59 Å². The van der Waals surface area contributed by atoms with Gasteiger partial charge in [-0.15, -0.1) is 0 Å². The van der Waals surface area contributed by atoms with Gasteiger partial charge in [-0.2, -0.15) is 0 Å². The van der Waals surface area contributed by atoms with Crippen LogP contribution >= 0.6 is 0 Å². The zero-order chi connectivity index (χ0) is 16.4. The van der Waals surface area contributed by atoms with Gasteiger partial charge in [0, 0.05) is 26.6 Å². The molecule has 124 valence electrons. The first-order chi connectivity index (χ1) is 11.1. The molecule has 2 atom stereocenters. The van der Waals surface area contributed by atoms with Crippen LogP contribution in [0, 0.1) is 12.8 Å². The van der Waals surface area contributed by atoms with Gasteiger partial charge in [-0.3, -0.25) is 9.59 Å². The molecule has 0 saturated carbocycles. The molecule has 2 aliphatic rings. The third-order valence-corrected chi connectivity index (χ3v) is 5.26. The second-order valence-electron chi connectivity index (χ2n) is 6.89. The van der Waals surface area contributed by atoms with Crippen molar-refractivity contribution in [3.63, 3.8) is 0 Å². The highest BCUT2D eigenvalue weighted by molar-refractivity contribution is 5.85. The van der Waals surface area contributed by atoms with Crippen LogP contribution in [0.2, 0.25) is 0 Å². The summed E-state index contributed by atoms with van der Waals surface area (Å²) in [6, 6.07) is 8.11. The number of likely N-dealkylation sites (tertiary alicyclic amines) is 2. The number of amides is 2. The molecule has 23 heavy (non-hydrogen) atoms. The maximum absolute atomic E-state index is 13.0. The van der Waals surface area contributed by atoms with Crippen LogP contribution in [0.15, 0.2) is 24.3 Å². The minimum Gasteiger partial charge on any atom is -0.342 e. The number of nitrogens with zero attached hydrogens (tertiary/aromatic N) is 2. The van der Waals surface area contributed by atoms with E-state index in [0.29, 0.717) is 12.8 Å². The summed E-state index contributed by atoms with van der Waals surface area (Å²) in [7, 11) is 1.84. The fourth-order valence-corrected chi connectivity index (χ4v) is 3.87. The highest BCUT2D eigenvalue weighted by Crippen LogP contribution is 2.37. The van der Waals surface area contributed by atoms with E-state index in [-0.39, 0.29) is 23.8 Å². The van der Waals surface area contributed by atoms with Crippen molar-refractivity contribution >= 4 is 11.8 Å². The summed E-state index contributed by atoms with van der Waals surface area (Å²) in [5.41, 5.74) is 2.26. The van der Waals surface area contributed by atoms with E-state index in [1.54, 1.807) is 4.90 Å². The fourth-order valence-electron chi connectivity index (χ4n) is 3.87. The molecule has 0 bridgehead atoms. The Bertz CT molecular complexity index is 576. The molecule has 2 aliphatic heterocycles. The summed E-state index contributed by atoms with van der Waals surface area (Å²) in [5, 5.41) is 0. The summed E-state index contributed by atoms with van der Waals surface area (Å²) in [6.45, 7) is 3.79. The van der Waals surface area contributed by atoms with Crippen molar-refractivity contribution in [3.8, 4) is 0 Å². The predicted octanol–water partition coefficient (Wildman–Crippen LogP) is 2.92. The monoisotopic (exact) mass is 314 g/mol. The van der Waals surface area contributed by atoms with Crippen molar-refractivity contribution in [2.75, 3.05) is 20.1 Å². The lowest BCUT2D eigenvalue weighted by molar-refractivity contribution is -0.147. The maximum atomic E-state index is 13.0. The maximum Gasteiger partial charge on any atom is 0.228 e. The summed E-state index contributed by atoms with van der Waals surface area (Å²) in [6.07, 6.45) is 4.55. The van der Waals surface area contributed by atoms with Crippen LogP contribution in [0.5, 0.6) is 0 Å². The summed E-state index contributed by atoms with van der Waals surface area (Å²) in [4.78, 5) is 29.0. The number of hydrogen-bond acceptors (Lipinski definition) is 2. The molecule has 2 saturated heterocycles. The van der Waals surface area contributed by atoms with E-state index in [2.05, 4.69) is 31.2 Å². The lowest BCUT2D eigenvalue weighted by atomic mass is 9.83. The molecule has 4 heteroatoms. The molecule has 0 N–H and O–H groups in total. The van der Waals surface area contributed by atoms with Gasteiger partial charge >= 0.3 is 0 Å². The van der Waals surface area contributed by atoms with Crippen LogP contribution in [0.4, 0.5) is 0 Å². The number of carbonyl (C=O) groups excluding carboxylic acids is 2. The minimum absolute atomic E-state index is 0.112. The highest BCUT2D eigenvalue weighted by atomic mass is 16.2. The third-order valence-electron chi connectivity index (χ3n) is 5.26. The quantitative estimate of drug-likeness (QED) is 0.842. The molecule has 0 spiro atoms. The van der Waals surface area contributed by atoms with Crippen molar-refractivity contribution in [1.82, 2.24) is 9.80 Å². The van der Waals surface area contributed by atoms with Gasteiger partial charge in [-0.05, 0) is 38.2 Å². The van der Waals surface area contributed by atoms with Crippen molar-refractivity contribution in [3.05, 3.63) is 35.4 Å². The molecule has 2 unspecified atom stereocenters. The van der Waals surface area contributed by atoms with Crippen molar-refractivity contribution in [1.29, 1.82) is 0 Å². The van der Waals surface area contributed by atoms with Gasteiger partial charge in [0.15, 0.2) is 0 Å². The van der Waals surface area contributed by atoms with E-state index in [4.69, 9.17) is 0 Å². The second-order valence-corrected chi connectivity index (χ2v) is 6.89.